The van der Waals surface area contributed by atoms with Crippen molar-refractivity contribution in [2.24, 2.45) is 5.92 Å². The van der Waals surface area contributed by atoms with E-state index in [0.29, 0.717) is 5.92 Å². The molecule has 3 nitrogen and oxygen atoms in total. The summed E-state index contributed by atoms with van der Waals surface area (Å²) in [6, 6.07) is 0. The quantitative estimate of drug-likeness (QED) is 0.749. The Kier molecular flexibility index (Phi) is 2.02. The summed E-state index contributed by atoms with van der Waals surface area (Å²) in [4.78, 5) is 0. The van der Waals surface area contributed by atoms with Gasteiger partial charge in [-0.25, -0.2) is 4.68 Å². The van der Waals surface area contributed by atoms with Crippen LogP contribution in [0.2, 0.25) is 0 Å². The molecule has 3 heteroatoms. The fraction of sp³-hybridized carbons (Fsp3) is 0.700. The van der Waals surface area contributed by atoms with Crippen LogP contribution in [-0.4, -0.2) is 9.78 Å². The second-order valence-electron chi connectivity index (χ2n) is 4.24. The van der Waals surface area contributed by atoms with Gasteiger partial charge in [0.15, 0.2) is 0 Å². The first-order chi connectivity index (χ1) is 6.18. The lowest BCUT2D eigenvalue weighted by molar-refractivity contribution is 0.484. The molecule has 1 aromatic heterocycles. The molecular formula is C10H17N3. The molecule has 1 aliphatic rings. The van der Waals surface area contributed by atoms with E-state index >= 15 is 0 Å². The van der Waals surface area contributed by atoms with Crippen LogP contribution < -0.4 is 5.73 Å². The third-order valence-electron chi connectivity index (χ3n) is 2.56. The van der Waals surface area contributed by atoms with Gasteiger partial charge in [0, 0.05) is 12.1 Å². The molecule has 0 unspecified atom stereocenters. The molecule has 1 heterocycles. The van der Waals surface area contributed by atoms with Crippen molar-refractivity contribution in [2.45, 2.75) is 39.7 Å². The summed E-state index contributed by atoms with van der Waals surface area (Å²) in [6.07, 6.45) is 3.47. The summed E-state index contributed by atoms with van der Waals surface area (Å²) < 4.78 is 1.97. The molecule has 0 fully saturated rings. The average Bonchev–Trinajstić information content (AvgIpc) is 2.56. The molecule has 0 aliphatic heterocycles. The Morgan fingerprint density at radius 3 is 2.85 bits per heavy atom. The van der Waals surface area contributed by atoms with Gasteiger partial charge in [0.05, 0.1) is 5.69 Å². The standard InChI is InChI=1S/C10H17N3/c1-7(2)6-13-10(11)8-4-3-5-9(8)12-13/h7H,3-6,11H2,1-2H3. The molecule has 2 N–H and O–H groups in total. The number of aromatic nitrogens is 2. The molecule has 0 atom stereocenters. The van der Waals surface area contributed by atoms with E-state index < -0.39 is 0 Å². The van der Waals surface area contributed by atoms with Crippen LogP contribution in [0.1, 0.15) is 31.5 Å². The van der Waals surface area contributed by atoms with E-state index in [2.05, 4.69) is 18.9 Å². The van der Waals surface area contributed by atoms with Crippen LogP contribution in [0.25, 0.3) is 0 Å². The molecule has 0 amide bonds. The van der Waals surface area contributed by atoms with Gasteiger partial charge in [0.25, 0.3) is 0 Å². The molecule has 2 rings (SSSR count). The van der Waals surface area contributed by atoms with E-state index in [1.165, 1.54) is 17.7 Å². The van der Waals surface area contributed by atoms with Crippen molar-refractivity contribution in [3.8, 4) is 0 Å². The maximum atomic E-state index is 6.00. The van der Waals surface area contributed by atoms with Gasteiger partial charge in [-0.2, -0.15) is 5.10 Å². The zero-order valence-corrected chi connectivity index (χ0v) is 8.38. The van der Waals surface area contributed by atoms with Gasteiger partial charge in [0.1, 0.15) is 5.82 Å². The minimum absolute atomic E-state index is 0.613. The van der Waals surface area contributed by atoms with Crippen LogP contribution in [-0.2, 0) is 19.4 Å². The summed E-state index contributed by atoms with van der Waals surface area (Å²) in [7, 11) is 0. The van der Waals surface area contributed by atoms with Crippen molar-refractivity contribution in [3.05, 3.63) is 11.3 Å². The zero-order chi connectivity index (χ0) is 9.42. The van der Waals surface area contributed by atoms with Crippen LogP contribution in [0.3, 0.4) is 0 Å². The Morgan fingerprint density at radius 1 is 1.46 bits per heavy atom. The van der Waals surface area contributed by atoms with Crippen LogP contribution in [0, 0.1) is 5.92 Å². The molecule has 1 aromatic rings. The lowest BCUT2D eigenvalue weighted by atomic mass is 10.2. The average molecular weight is 179 g/mol. The number of nitrogens with zero attached hydrogens (tertiary/aromatic N) is 2. The first kappa shape index (κ1) is 8.60. The van der Waals surface area contributed by atoms with Crippen molar-refractivity contribution >= 4 is 5.82 Å². The largest absolute Gasteiger partial charge is 0.384 e. The van der Waals surface area contributed by atoms with Gasteiger partial charge < -0.3 is 5.73 Å². The first-order valence-corrected chi connectivity index (χ1v) is 5.02. The summed E-state index contributed by atoms with van der Waals surface area (Å²) in [6.45, 7) is 5.32. The summed E-state index contributed by atoms with van der Waals surface area (Å²) in [5.41, 5.74) is 8.54. The third-order valence-corrected chi connectivity index (χ3v) is 2.56. The van der Waals surface area contributed by atoms with Crippen LogP contribution in [0.4, 0.5) is 5.82 Å². The SMILES string of the molecule is CC(C)Cn1nc2c(c1N)CCC2. The molecule has 0 radical (unpaired) electrons. The van der Waals surface area contributed by atoms with Crippen molar-refractivity contribution < 1.29 is 0 Å². The number of hydrogen-bond donors (Lipinski definition) is 1. The summed E-state index contributed by atoms with van der Waals surface area (Å²) >= 11 is 0. The summed E-state index contributed by atoms with van der Waals surface area (Å²) in [5, 5.41) is 4.52. The van der Waals surface area contributed by atoms with E-state index in [4.69, 9.17) is 5.73 Å². The normalized spacial score (nSPS) is 15.3. The number of nitrogen functional groups attached to an aromatic ring is 1. The second kappa shape index (κ2) is 3.05. The number of anilines is 1. The number of aryl methyl sites for hydroxylation is 1. The molecule has 72 valence electrons. The molecule has 1 aliphatic carbocycles. The predicted octanol–water partition coefficient (Wildman–Crippen LogP) is 1.61. The highest BCUT2D eigenvalue weighted by atomic mass is 15.3. The predicted molar refractivity (Wildman–Crippen MR) is 53.5 cm³/mol. The maximum Gasteiger partial charge on any atom is 0.125 e. The molecule has 0 saturated heterocycles. The van der Waals surface area contributed by atoms with Gasteiger partial charge in [-0.3, -0.25) is 0 Å². The number of hydrogen-bond acceptors (Lipinski definition) is 2. The molecule has 0 spiro atoms. The Labute approximate surface area is 78.9 Å². The molecule has 0 saturated carbocycles. The van der Waals surface area contributed by atoms with Crippen LogP contribution in [0.15, 0.2) is 0 Å². The Balaban J connectivity index is 2.28. The number of rotatable bonds is 2. The molecule has 0 bridgehead atoms. The minimum atomic E-state index is 0.613. The van der Waals surface area contributed by atoms with E-state index in [1.807, 2.05) is 4.68 Å². The third kappa shape index (κ3) is 1.43. The smallest absolute Gasteiger partial charge is 0.125 e. The topological polar surface area (TPSA) is 43.8 Å². The highest BCUT2D eigenvalue weighted by Crippen LogP contribution is 2.26. The van der Waals surface area contributed by atoms with Gasteiger partial charge in [-0.05, 0) is 25.2 Å². The van der Waals surface area contributed by atoms with Gasteiger partial charge in [0.2, 0.25) is 0 Å². The van der Waals surface area contributed by atoms with Gasteiger partial charge in [-0.1, -0.05) is 13.8 Å². The zero-order valence-electron chi connectivity index (χ0n) is 8.38. The lowest BCUT2D eigenvalue weighted by Gasteiger charge is -2.07. The molecule has 13 heavy (non-hydrogen) atoms. The fourth-order valence-corrected chi connectivity index (χ4v) is 1.95. The Hall–Kier alpha value is -0.990. The van der Waals surface area contributed by atoms with E-state index in [-0.39, 0.29) is 0 Å². The maximum absolute atomic E-state index is 6.00. The highest BCUT2D eigenvalue weighted by molar-refractivity contribution is 5.45. The van der Waals surface area contributed by atoms with Gasteiger partial charge in [-0.15, -0.1) is 0 Å². The molecular weight excluding hydrogens is 162 g/mol. The highest BCUT2D eigenvalue weighted by Gasteiger charge is 2.20. The van der Waals surface area contributed by atoms with Crippen LogP contribution >= 0.6 is 0 Å². The fourth-order valence-electron chi connectivity index (χ4n) is 1.95. The van der Waals surface area contributed by atoms with Crippen molar-refractivity contribution in [1.29, 1.82) is 0 Å². The van der Waals surface area contributed by atoms with E-state index in [9.17, 15) is 0 Å². The molecule has 0 aromatic carbocycles. The van der Waals surface area contributed by atoms with E-state index in [0.717, 1.165) is 25.2 Å². The van der Waals surface area contributed by atoms with Crippen LogP contribution in [0.5, 0.6) is 0 Å². The Morgan fingerprint density at radius 2 is 2.23 bits per heavy atom. The van der Waals surface area contributed by atoms with Crippen molar-refractivity contribution in [1.82, 2.24) is 9.78 Å². The van der Waals surface area contributed by atoms with E-state index in [1.54, 1.807) is 0 Å². The first-order valence-electron chi connectivity index (χ1n) is 5.02. The second-order valence-corrected chi connectivity index (χ2v) is 4.24. The van der Waals surface area contributed by atoms with Crippen molar-refractivity contribution in [3.63, 3.8) is 0 Å². The lowest BCUT2D eigenvalue weighted by Crippen LogP contribution is -2.10. The van der Waals surface area contributed by atoms with Crippen molar-refractivity contribution in [2.75, 3.05) is 5.73 Å². The number of nitrogens with two attached hydrogens (primary N) is 1. The monoisotopic (exact) mass is 179 g/mol. The van der Waals surface area contributed by atoms with Gasteiger partial charge >= 0.3 is 0 Å². The minimum Gasteiger partial charge on any atom is -0.384 e. The number of fused-ring (bicyclic) bond motifs is 1. The Bertz CT molecular complexity index is 312. The summed E-state index contributed by atoms with van der Waals surface area (Å²) in [5.74, 6) is 1.52.